The zero-order chi connectivity index (χ0) is 19.6. The summed E-state index contributed by atoms with van der Waals surface area (Å²) >= 11 is 0. The molecule has 2 saturated heterocycles. The molecule has 3 aliphatic rings. The summed E-state index contributed by atoms with van der Waals surface area (Å²) in [4.78, 5) is 29.3. The van der Waals surface area contributed by atoms with Crippen molar-refractivity contribution in [2.75, 3.05) is 78.8 Å². The highest BCUT2D eigenvalue weighted by atomic mass is 16.5. The van der Waals surface area contributed by atoms with Crippen LogP contribution < -0.4 is 10.6 Å². The number of rotatable bonds is 10. The molecule has 0 atom stereocenters. The van der Waals surface area contributed by atoms with Crippen molar-refractivity contribution in [3.05, 3.63) is 23.5 Å². The van der Waals surface area contributed by atoms with Gasteiger partial charge in [0.15, 0.2) is 0 Å². The van der Waals surface area contributed by atoms with Gasteiger partial charge in [0.1, 0.15) is 0 Å². The Morgan fingerprint density at radius 3 is 1.50 bits per heavy atom. The van der Waals surface area contributed by atoms with Crippen molar-refractivity contribution in [2.45, 2.75) is 12.8 Å². The molecule has 0 bridgehead atoms. The lowest BCUT2D eigenvalue weighted by atomic mass is 10.1. The predicted molar refractivity (Wildman–Crippen MR) is 106 cm³/mol. The van der Waals surface area contributed by atoms with Crippen molar-refractivity contribution in [1.82, 2.24) is 20.4 Å². The van der Waals surface area contributed by atoms with Gasteiger partial charge in [-0.25, -0.2) is 0 Å². The van der Waals surface area contributed by atoms with Gasteiger partial charge in [0, 0.05) is 51.4 Å². The lowest BCUT2D eigenvalue weighted by molar-refractivity contribution is -0.115. The summed E-state index contributed by atoms with van der Waals surface area (Å²) in [5.74, 6) is -0.275. The minimum atomic E-state index is -0.137. The average molecular weight is 393 g/mol. The summed E-state index contributed by atoms with van der Waals surface area (Å²) in [6, 6.07) is 0. The molecule has 0 aromatic rings. The van der Waals surface area contributed by atoms with Gasteiger partial charge in [-0.3, -0.25) is 19.4 Å². The van der Waals surface area contributed by atoms with Gasteiger partial charge in [-0.2, -0.15) is 0 Å². The molecule has 0 saturated carbocycles. The topological polar surface area (TPSA) is 83.1 Å². The fourth-order valence-corrected chi connectivity index (χ4v) is 3.54. The Morgan fingerprint density at radius 1 is 0.714 bits per heavy atom. The van der Waals surface area contributed by atoms with Crippen LogP contribution in [0.1, 0.15) is 12.8 Å². The van der Waals surface area contributed by atoms with E-state index in [1.807, 2.05) is 0 Å². The molecule has 0 unspecified atom stereocenters. The van der Waals surface area contributed by atoms with Gasteiger partial charge < -0.3 is 20.1 Å². The lowest BCUT2D eigenvalue weighted by Gasteiger charge is -2.26. The summed E-state index contributed by atoms with van der Waals surface area (Å²) in [7, 11) is 0. The molecule has 0 aromatic heterocycles. The highest BCUT2D eigenvalue weighted by Gasteiger charge is 2.20. The van der Waals surface area contributed by atoms with Crippen molar-refractivity contribution in [3.8, 4) is 0 Å². The lowest BCUT2D eigenvalue weighted by Crippen LogP contribution is -2.38. The molecule has 2 N–H and O–H groups in total. The van der Waals surface area contributed by atoms with E-state index in [4.69, 9.17) is 9.47 Å². The molecule has 1 aliphatic carbocycles. The molecule has 156 valence electrons. The third-order valence-electron chi connectivity index (χ3n) is 5.22. The summed E-state index contributed by atoms with van der Waals surface area (Å²) in [6.45, 7) is 10.3. The standard InChI is InChI=1S/C20H32N4O4/c25-19-16-18(22-4-2-6-24-9-13-28-14-10-24)20(26)15-17(19)21-3-1-5-23-7-11-27-12-8-23/h15-16,21-22H,1-14H2. The molecule has 2 fully saturated rings. The van der Waals surface area contributed by atoms with Gasteiger partial charge in [0.25, 0.3) is 0 Å². The Balaban J connectivity index is 1.32. The zero-order valence-corrected chi connectivity index (χ0v) is 16.6. The van der Waals surface area contributed by atoms with E-state index >= 15 is 0 Å². The largest absolute Gasteiger partial charge is 0.382 e. The molecule has 0 aromatic carbocycles. The number of carbonyl (C=O) groups is 2. The van der Waals surface area contributed by atoms with Crippen molar-refractivity contribution >= 4 is 11.6 Å². The van der Waals surface area contributed by atoms with E-state index < -0.39 is 0 Å². The molecule has 2 aliphatic heterocycles. The maximum Gasteiger partial charge on any atom is 0.203 e. The third kappa shape index (κ3) is 6.70. The van der Waals surface area contributed by atoms with Crippen LogP contribution in [-0.4, -0.2) is 100 Å². The Morgan fingerprint density at radius 2 is 1.11 bits per heavy atom. The van der Waals surface area contributed by atoms with Crippen LogP contribution in [0.2, 0.25) is 0 Å². The van der Waals surface area contributed by atoms with Crippen LogP contribution in [0.3, 0.4) is 0 Å². The van der Waals surface area contributed by atoms with Crippen LogP contribution in [-0.2, 0) is 19.1 Å². The number of hydrogen-bond donors (Lipinski definition) is 2. The van der Waals surface area contributed by atoms with Gasteiger partial charge in [-0.1, -0.05) is 0 Å². The van der Waals surface area contributed by atoms with E-state index in [9.17, 15) is 9.59 Å². The molecule has 28 heavy (non-hydrogen) atoms. The molecular weight excluding hydrogens is 360 g/mol. The van der Waals surface area contributed by atoms with Crippen molar-refractivity contribution in [3.63, 3.8) is 0 Å². The first-order valence-electron chi connectivity index (χ1n) is 10.3. The van der Waals surface area contributed by atoms with Crippen molar-refractivity contribution in [1.29, 1.82) is 0 Å². The number of morpholine rings is 2. The Labute approximate surface area is 166 Å². The minimum absolute atomic E-state index is 0.137. The smallest absolute Gasteiger partial charge is 0.203 e. The van der Waals surface area contributed by atoms with E-state index in [1.165, 1.54) is 12.2 Å². The molecule has 0 amide bonds. The van der Waals surface area contributed by atoms with Crippen LogP contribution in [0.25, 0.3) is 0 Å². The van der Waals surface area contributed by atoms with E-state index in [0.29, 0.717) is 24.5 Å². The van der Waals surface area contributed by atoms with Gasteiger partial charge in [0.2, 0.25) is 11.6 Å². The van der Waals surface area contributed by atoms with Crippen molar-refractivity contribution < 1.29 is 19.1 Å². The quantitative estimate of drug-likeness (QED) is 0.381. The molecular formula is C20H32N4O4. The van der Waals surface area contributed by atoms with E-state index in [2.05, 4.69) is 20.4 Å². The Hall–Kier alpha value is -1.74. The van der Waals surface area contributed by atoms with Crippen LogP contribution in [0.15, 0.2) is 23.5 Å². The van der Waals surface area contributed by atoms with Crippen LogP contribution in [0.4, 0.5) is 0 Å². The van der Waals surface area contributed by atoms with Crippen LogP contribution in [0.5, 0.6) is 0 Å². The second-order valence-corrected chi connectivity index (χ2v) is 7.31. The molecule has 0 spiro atoms. The zero-order valence-electron chi connectivity index (χ0n) is 16.6. The number of hydrogen-bond acceptors (Lipinski definition) is 8. The van der Waals surface area contributed by atoms with Crippen LogP contribution in [0, 0.1) is 0 Å². The van der Waals surface area contributed by atoms with Crippen molar-refractivity contribution in [2.24, 2.45) is 0 Å². The summed E-state index contributed by atoms with van der Waals surface area (Å²) < 4.78 is 10.7. The fourth-order valence-electron chi connectivity index (χ4n) is 3.54. The molecule has 8 nitrogen and oxygen atoms in total. The molecule has 8 heteroatoms. The summed E-state index contributed by atoms with van der Waals surface area (Å²) in [6.07, 6.45) is 4.69. The number of ether oxygens (including phenoxy) is 2. The normalized spacial score (nSPS) is 22.0. The van der Waals surface area contributed by atoms with Gasteiger partial charge in [-0.15, -0.1) is 0 Å². The first-order valence-corrected chi connectivity index (χ1v) is 10.3. The molecule has 3 rings (SSSR count). The first kappa shape index (κ1) is 21.0. The Bertz CT molecular complexity index is 541. The average Bonchev–Trinajstić information content (AvgIpc) is 2.73. The maximum absolute atomic E-state index is 12.3. The van der Waals surface area contributed by atoms with Gasteiger partial charge in [-0.05, 0) is 25.9 Å². The molecule has 0 radical (unpaired) electrons. The second-order valence-electron chi connectivity index (χ2n) is 7.31. The number of nitrogens with zero attached hydrogens (tertiary/aromatic N) is 2. The number of carbonyl (C=O) groups excluding carboxylic acids is 2. The SMILES string of the molecule is O=C1C=C(NCCCN2CCOCC2)C(=O)C=C1NCCCN1CCOCC1. The Kier molecular flexibility index (Phi) is 8.47. The predicted octanol–water partition coefficient (Wildman–Crippen LogP) is -0.470. The maximum atomic E-state index is 12.3. The van der Waals surface area contributed by atoms with E-state index in [0.717, 1.165) is 78.5 Å². The summed E-state index contributed by atoms with van der Waals surface area (Å²) in [5, 5.41) is 6.23. The highest BCUT2D eigenvalue weighted by molar-refractivity contribution is 6.19. The number of nitrogens with one attached hydrogen (secondary N) is 2. The minimum Gasteiger partial charge on any atom is -0.382 e. The second kappa shape index (κ2) is 11.3. The summed E-state index contributed by atoms with van der Waals surface area (Å²) in [5.41, 5.74) is 0.789. The van der Waals surface area contributed by atoms with E-state index in [-0.39, 0.29) is 11.6 Å². The fraction of sp³-hybridized carbons (Fsp3) is 0.700. The van der Waals surface area contributed by atoms with Crippen LogP contribution >= 0.6 is 0 Å². The third-order valence-corrected chi connectivity index (χ3v) is 5.22. The monoisotopic (exact) mass is 392 g/mol. The number of ketones is 2. The first-order chi connectivity index (χ1) is 13.7. The molecule has 2 heterocycles. The van der Waals surface area contributed by atoms with Gasteiger partial charge >= 0.3 is 0 Å². The van der Waals surface area contributed by atoms with E-state index in [1.54, 1.807) is 0 Å². The highest BCUT2D eigenvalue weighted by Crippen LogP contribution is 2.08. The van der Waals surface area contributed by atoms with Gasteiger partial charge in [0.05, 0.1) is 37.8 Å². The number of allylic oxidation sites excluding steroid dienone is 2.